The number of benzene rings is 1. The van der Waals surface area contributed by atoms with E-state index in [0.29, 0.717) is 6.54 Å². The van der Waals surface area contributed by atoms with Gasteiger partial charge >= 0.3 is 0 Å². The standard InChI is InChI=1S/C16H22N2O2/c1-17-10-11-20-16(12-17)8-5-9-18(13-16)15(19)14-6-3-2-4-7-14/h2-4,6-7H,5,8-13H2,1H3. The topological polar surface area (TPSA) is 32.8 Å². The third kappa shape index (κ3) is 2.72. The first-order valence-electron chi connectivity index (χ1n) is 7.35. The van der Waals surface area contributed by atoms with E-state index in [9.17, 15) is 4.79 Å². The molecule has 20 heavy (non-hydrogen) atoms. The van der Waals surface area contributed by atoms with E-state index in [1.807, 2.05) is 35.2 Å². The normalized spacial score (nSPS) is 27.8. The minimum absolute atomic E-state index is 0.126. The maximum Gasteiger partial charge on any atom is 0.253 e. The molecule has 1 atom stereocenters. The summed E-state index contributed by atoms with van der Waals surface area (Å²) in [4.78, 5) is 16.8. The molecule has 1 aromatic rings. The number of amides is 1. The molecule has 3 rings (SSSR count). The van der Waals surface area contributed by atoms with E-state index in [2.05, 4.69) is 11.9 Å². The molecular formula is C16H22N2O2. The summed E-state index contributed by atoms with van der Waals surface area (Å²) in [5, 5.41) is 0. The highest BCUT2D eigenvalue weighted by molar-refractivity contribution is 5.94. The highest BCUT2D eigenvalue weighted by Gasteiger charge is 2.41. The average Bonchev–Trinajstić information content (AvgIpc) is 2.47. The Morgan fingerprint density at radius 1 is 1.20 bits per heavy atom. The number of hydrogen-bond acceptors (Lipinski definition) is 3. The van der Waals surface area contributed by atoms with Crippen LogP contribution in [0.3, 0.4) is 0 Å². The summed E-state index contributed by atoms with van der Waals surface area (Å²) in [5.74, 6) is 0.126. The van der Waals surface area contributed by atoms with Crippen molar-refractivity contribution in [3.63, 3.8) is 0 Å². The molecule has 1 amide bonds. The van der Waals surface area contributed by atoms with Gasteiger partial charge in [0.1, 0.15) is 0 Å². The van der Waals surface area contributed by atoms with Gasteiger partial charge in [-0.3, -0.25) is 4.79 Å². The third-order valence-corrected chi connectivity index (χ3v) is 4.29. The minimum Gasteiger partial charge on any atom is -0.370 e. The Balaban J connectivity index is 1.73. The van der Waals surface area contributed by atoms with Crippen LogP contribution in [-0.2, 0) is 4.74 Å². The zero-order valence-electron chi connectivity index (χ0n) is 12.0. The smallest absolute Gasteiger partial charge is 0.253 e. The first kappa shape index (κ1) is 13.6. The number of carbonyl (C=O) groups excluding carboxylic acids is 1. The molecule has 0 N–H and O–H groups in total. The van der Waals surface area contributed by atoms with Crippen molar-refractivity contribution in [1.82, 2.24) is 9.80 Å². The lowest BCUT2D eigenvalue weighted by Gasteiger charge is -2.47. The van der Waals surface area contributed by atoms with E-state index >= 15 is 0 Å². The molecule has 1 spiro atoms. The number of morpholine rings is 1. The average molecular weight is 274 g/mol. The molecule has 0 bridgehead atoms. The summed E-state index contributed by atoms with van der Waals surface area (Å²) in [6.45, 7) is 4.22. The van der Waals surface area contributed by atoms with E-state index < -0.39 is 0 Å². The molecule has 2 saturated heterocycles. The van der Waals surface area contributed by atoms with Gasteiger partial charge in [-0.25, -0.2) is 0 Å². The van der Waals surface area contributed by atoms with Crippen molar-refractivity contribution >= 4 is 5.91 Å². The Morgan fingerprint density at radius 2 is 2.00 bits per heavy atom. The van der Waals surface area contributed by atoms with Crippen molar-refractivity contribution in [2.45, 2.75) is 18.4 Å². The van der Waals surface area contributed by atoms with E-state index in [4.69, 9.17) is 4.74 Å². The SMILES string of the molecule is CN1CCOC2(CCCN(C(=O)c3ccccc3)C2)C1. The van der Waals surface area contributed by atoms with Crippen molar-refractivity contribution < 1.29 is 9.53 Å². The molecular weight excluding hydrogens is 252 g/mol. The molecule has 2 aliphatic heterocycles. The van der Waals surface area contributed by atoms with Gasteiger partial charge in [0.2, 0.25) is 0 Å². The maximum absolute atomic E-state index is 12.6. The number of piperidine rings is 1. The Hall–Kier alpha value is -1.39. The lowest BCUT2D eigenvalue weighted by Crippen LogP contribution is -2.59. The number of likely N-dealkylation sites (N-methyl/N-ethyl adjacent to an activating group) is 1. The highest BCUT2D eigenvalue weighted by Crippen LogP contribution is 2.29. The van der Waals surface area contributed by atoms with E-state index in [-0.39, 0.29) is 11.5 Å². The zero-order valence-corrected chi connectivity index (χ0v) is 12.0. The van der Waals surface area contributed by atoms with Gasteiger partial charge in [0.15, 0.2) is 0 Å². The summed E-state index contributed by atoms with van der Waals surface area (Å²) in [7, 11) is 2.13. The molecule has 1 aromatic carbocycles. The maximum atomic E-state index is 12.6. The first-order valence-corrected chi connectivity index (χ1v) is 7.35. The fourth-order valence-corrected chi connectivity index (χ4v) is 3.32. The molecule has 2 aliphatic rings. The van der Waals surface area contributed by atoms with Gasteiger partial charge < -0.3 is 14.5 Å². The summed E-state index contributed by atoms with van der Waals surface area (Å²) in [6, 6.07) is 9.54. The Bertz CT molecular complexity index is 473. The van der Waals surface area contributed by atoms with Crippen molar-refractivity contribution in [2.75, 3.05) is 39.8 Å². The molecule has 0 aromatic heterocycles. The fourth-order valence-electron chi connectivity index (χ4n) is 3.32. The van der Waals surface area contributed by atoms with Gasteiger partial charge in [-0.15, -0.1) is 0 Å². The van der Waals surface area contributed by atoms with Crippen LogP contribution >= 0.6 is 0 Å². The van der Waals surface area contributed by atoms with Crippen LogP contribution in [-0.4, -0.2) is 61.1 Å². The molecule has 4 heteroatoms. The van der Waals surface area contributed by atoms with Gasteiger partial charge in [0, 0.05) is 25.2 Å². The number of rotatable bonds is 1. The van der Waals surface area contributed by atoms with Crippen LogP contribution in [0.15, 0.2) is 30.3 Å². The van der Waals surface area contributed by atoms with Crippen molar-refractivity contribution in [3.05, 3.63) is 35.9 Å². The number of nitrogens with zero attached hydrogens (tertiary/aromatic N) is 2. The Morgan fingerprint density at radius 3 is 2.75 bits per heavy atom. The predicted molar refractivity (Wildman–Crippen MR) is 77.8 cm³/mol. The van der Waals surface area contributed by atoms with E-state index in [1.54, 1.807) is 0 Å². The monoisotopic (exact) mass is 274 g/mol. The van der Waals surface area contributed by atoms with Crippen LogP contribution in [0.1, 0.15) is 23.2 Å². The van der Waals surface area contributed by atoms with Crippen LogP contribution in [0, 0.1) is 0 Å². The zero-order chi connectivity index (χ0) is 14.0. The lowest BCUT2D eigenvalue weighted by molar-refractivity contribution is -0.129. The van der Waals surface area contributed by atoms with Crippen LogP contribution in [0.25, 0.3) is 0 Å². The summed E-state index contributed by atoms with van der Waals surface area (Å²) in [6.07, 6.45) is 2.07. The molecule has 4 nitrogen and oxygen atoms in total. The van der Waals surface area contributed by atoms with Crippen molar-refractivity contribution in [3.8, 4) is 0 Å². The Kier molecular flexibility index (Phi) is 3.76. The molecule has 108 valence electrons. The Labute approximate surface area is 120 Å². The van der Waals surface area contributed by atoms with Crippen molar-refractivity contribution in [2.24, 2.45) is 0 Å². The quantitative estimate of drug-likeness (QED) is 0.780. The van der Waals surface area contributed by atoms with Crippen molar-refractivity contribution in [1.29, 1.82) is 0 Å². The second kappa shape index (κ2) is 5.54. The number of hydrogen-bond donors (Lipinski definition) is 0. The molecule has 0 aliphatic carbocycles. The van der Waals surface area contributed by atoms with Crippen LogP contribution in [0.5, 0.6) is 0 Å². The second-order valence-corrected chi connectivity index (χ2v) is 5.97. The molecule has 0 radical (unpaired) electrons. The summed E-state index contributed by atoms with van der Waals surface area (Å²) >= 11 is 0. The van der Waals surface area contributed by atoms with E-state index in [1.165, 1.54) is 0 Å². The highest BCUT2D eigenvalue weighted by atomic mass is 16.5. The number of carbonyl (C=O) groups is 1. The molecule has 2 fully saturated rings. The van der Waals surface area contributed by atoms with E-state index in [0.717, 1.165) is 44.6 Å². The van der Waals surface area contributed by atoms with Crippen LogP contribution in [0.4, 0.5) is 0 Å². The number of likely N-dealkylation sites (tertiary alicyclic amines) is 1. The predicted octanol–water partition coefficient (Wildman–Crippen LogP) is 1.62. The third-order valence-electron chi connectivity index (χ3n) is 4.29. The van der Waals surface area contributed by atoms with Gasteiger partial charge in [0.05, 0.1) is 18.8 Å². The summed E-state index contributed by atoms with van der Waals surface area (Å²) < 4.78 is 6.06. The van der Waals surface area contributed by atoms with Crippen LogP contribution < -0.4 is 0 Å². The fraction of sp³-hybridized carbons (Fsp3) is 0.562. The molecule has 1 unspecified atom stereocenters. The summed E-state index contributed by atoms with van der Waals surface area (Å²) in [5.41, 5.74) is 0.615. The van der Waals surface area contributed by atoms with Gasteiger partial charge in [0.25, 0.3) is 5.91 Å². The number of ether oxygens (including phenoxy) is 1. The molecule has 0 saturated carbocycles. The minimum atomic E-state index is -0.157. The first-order chi connectivity index (χ1) is 9.69. The van der Waals surface area contributed by atoms with Gasteiger partial charge in [-0.2, -0.15) is 0 Å². The molecule has 2 heterocycles. The largest absolute Gasteiger partial charge is 0.370 e. The van der Waals surface area contributed by atoms with Gasteiger partial charge in [-0.05, 0) is 32.0 Å². The van der Waals surface area contributed by atoms with Gasteiger partial charge in [-0.1, -0.05) is 18.2 Å². The van der Waals surface area contributed by atoms with Crippen LogP contribution in [0.2, 0.25) is 0 Å². The second-order valence-electron chi connectivity index (χ2n) is 5.97. The lowest BCUT2D eigenvalue weighted by atomic mass is 9.90.